The number of nitrogens with zero attached hydrogens (tertiary/aromatic N) is 1. The van der Waals surface area contributed by atoms with Crippen LogP contribution in [0, 0.1) is 0 Å². The Morgan fingerprint density at radius 1 is 1.25 bits per heavy atom. The van der Waals surface area contributed by atoms with Crippen molar-refractivity contribution in [3.63, 3.8) is 0 Å². The van der Waals surface area contributed by atoms with Crippen molar-refractivity contribution in [2.24, 2.45) is 0 Å². The molecule has 1 N–H and O–H groups in total. The summed E-state index contributed by atoms with van der Waals surface area (Å²) in [5.74, 6) is 1.44. The summed E-state index contributed by atoms with van der Waals surface area (Å²) < 4.78 is 10.6. The molecule has 0 spiro atoms. The topological polar surface area (TPSA) is 50.8 Å². The normalized spacial score (nSPS) is 15.8. The molecule has 5 nitrogen and oxygen atoms in total. The Kier molecular flexibility index (Phi) is 4.18. The third kappa shape index (κ3) is 3.04. The van der Waals surface area contributed by atoms with E-state index >= 15 is 0 Å². The van der Waals surface area contributed by atoms with Crippen LogP contribution in [0.1, 0.15) is 18.4 Å². The second kappa shape index (κ2) is 5.71. The summed E-state index contributed by atoms with van der Waals surface area (Å²) in [7, 11) is 7.00. The van der Waals surface area contributed by atoms with E-state index in [2.05, 4.69) is 5.32 Å². The highest BCUT2D eigenvalue weighted by molar-refractivity contribution is 5.79. The number of rotatable bonds is 6. The van der Waals surface area contributed by atoms with Crippen LogP contribution in [-0.2, 0) is 10.3 Å². The van der Waals surface area contributed by atoms with Gasteiger partial charge in [0.05, 0.1) is 26.3 Å². The van der Waals surface area contributed by atoms with Crippen molar-refractivity contribution in [2.45, 2.75) is 18.4 Å². The van der Waals surface area contributed by atoms with Gasteiger partial charge in [0.2, 0.25) is 5.91 Å². The van der Waals surface area contributed by atoms with Gasteiger partial charge in [-0.3, -0.25) is 4.79 Å². The lowest BCUT2D eigenvalue weighted by molar-refractivity contribution is -0.122. The first kappa shape index (κ1) is 14.7. The van der Waals surface area contributed by atoms with Crippen molar-refractivity contribution in [3.8, 4) is 11.5 Å². The number of methoxy groups -OCH3 is 2. The monoisotopic (exact) mass is 278 g/mol. The van der Waals surface area contributed by atoms with Gasteiger partial charge < -0.3 is 19.7 Å². The molecule has 1 amide bonds. The van der Waals surface area contributed by atoms with E-state index in [-0.39, 0.29) is 11.4 Å². The summed E-state index contributed by atoms with van der Waals surface area (Å²) in [6, 6.07) is 5.82. The second-order valence-electron chi connectivity index (χ2n) is 5.44. The third-order valence-corrected chi connectivity index (χ3v) is 3.52. The molecular formula is C15H22N2O3. The highest BCUT2D eigenvalue weighted by atomic mass is 16.5. The second-order valence-corrected chi connectivity index (χ2v) is 5.44. The predicted molar refractivity (Wildman–Crippen MR) is 77.2 cm³/mol. The van der Waals surface area contributed by atoms with E-state index in [1.165, 1.54) is 0 Å². The molecular weight excluding hydrogens is 256 g/mol. The van der Waals surface area contributed by atoms with Crippen molar-refractivity contribution in [1.82, 2.24) is 10.2 Å². The Balaban J connectivity index is 2.16. The molecule has 0 radical (unpaired) electrons. The van der Waals surface area contributed by atoms with Gasteiger partial charge in [-0.2, -0.15) is 0 Å². The maximum Gasteiger partial charge on any atom is 0.234 e. The number of nitrogens with one attached hydrogen (secondary N) is 1. The van der Waals surface area contributed by atoms with Gasteiger partial charge in [-0.15, -0.1) is 0 Å². The minimum Gasteiger partial charge on any atom is -0.493 e. The highest BCUT2D eigenvalue weighted by Crippen LogP contribution is 2.47. The number of likely N-dealkylation sites (N-methyl/N-ethyl adjacent to an activating group) is 1. The molecule has 20 heavy (non-hydrogen) atoms. The lowest BCUT2D eigenvalue weighted by atomic mass is 10.0. The van der Waals surface area contributed by atoms with Gasteiger partial charge in [-0.25, -0.2) is 0 Å². The first-order valence-electron chi connectivity index (χ1n) is 6.69. The van der Waals surface area contributed by atoms with E-state index in [1.54, 1.807) is 14.2 Å². The number of amides is 1. The average Bonchev–Trinajstić information content (AvgIpc) is 3.17. The predicted octanol–water partition coefficient (Wildman–Crippen LogP) is 1.37. The van der Waals surface area contributed by atoms with Gasteiger partial charge in [0.1, 0.15) is 0 Å². The molecule has 0 aromatic heterocycles. The molecule has 0 bridgehead atoms. The molecule has 0 aliphatic heterocycles. The smallest absolute Gasteiger partial charge is 0.234 e. The molecule has 0 atom stereocenters. The van der Waals surface area contributed by atoms with Gasteiger partial charge in [0.25, 0.3) is 0 Å². The molecule has 0 heterocycles. The molecule has 1 aliphatic rings. The van der Waals surface area contributed by atoms with Gasteiger partial charge in [-0.05, 0) is 44.6 Å². The maximum absolute atomic E-state index is 12.0. The van der Waals surface area contributed by atoms with Crippen molar-refractivity contribution in [3.05, 3.63) is 23.8 Å². The minimum atomic E-state index is -0.230. The number of hydrogen-bond acceptors (Lipinski definition) is 4. The van der Waals surface area contributed by atoms with Crippen LogP contribution < -0.4 is 14.8 Å². The standard InChI is InChI=1S/C15H22N2O3/c1-17(2)10-14(18)16-15(7-8-15)11-5-6-12(19-3)13(9-11)20-4/h5-6,9H,7-8,10H2,1-4H3,(H,16,18). The van der Waals surface area contributed by atoms with Crippen molar-refractivity contribution < 1.29 is 14.3 Å². The SMILES string of the molecule is COc1ccc(C2(NC(=O)CN(C)C)CC2)cc1OC. The number of carbonyl (C=O) groups excluding carboxylic acids is 1. The first-order valence-corrected chi connectivity index (χ1v) is 6.69. The molecule has 0 saturated heterocycles. The summed E-state index contributed by atoms with van der Waals surface area (Å²) in [5, 5.41) is 3.13. The number of carbonyl (C=O) groups is 1. The van der Waals surface area contributed by atoms with Crippen molar-refractivity contribution in [2.75, 3.05) is 34.9 Å². The largest absolute Gasteiger partial charge is 0.493 e. The quantitative estimate of drug-likeness (QED) is 0.854. The van der Waals surface area contributed by atoms with Gasteiger partial charge in [-0.1, -0.05) is 6.07 Å². The average molecular weight is 278 g/mol. The summed E-state index contributed by atoms with van der Waals surface area (Å²) in [5.41, 5.74) is 0.842. The molecule has 2 rings (SSSR count). The summed E-state index contributed by atoms with van der Waals surface area (Å²) >= 11 is 0. The molecule has 1 aromatic rings. The Labute approximate surface area is 119 Å². The lowest BCUT2D eigenvalue weighted by Gasteiger charge is -2.20. The van der Waals surface area contributed by atoms with E-state index in [9.17, 15) is 4.79 Å². The van der Waals surface area contributed by atoms with Crippen molar-refractivity contribution in [1.29, 1.82) is 0 Å². The summed E-state index contributed by atoms with van der Waals surface area (Å²) in [6.45, 7) is 0.398. The minimum absolute atomic E-state index is 0.0438. The number of hydrogen-bond donors (Lipinski definition) is 1. The highest BCUT2D eigenvalue weighted by Gasteiger charge is 2.45. The van der Waals surface area contributed by atoms with Gasteiger partial charge >= 0.3 is 0 Å². The van der Waals surface area contributed by atoms with E-state index in [4.69, 9.17) is 9.47 Å². The Hall–Kier alpha value is -1.75. The van der Waals surface area contributed by atoms with Crippen LogP contribution in [0.3, 0.4) is 0 Å². The van der Waals surface area contributed by atoms with Gasteiger partial charge in [0, 0.05) is 0 Å². The Bertz CT molecular complexity index is 496. The number of benzene rings is 1. The van der Waals surface area contributed by atoms with Crippen LogP contribution in [0.5, 0.6) is 11.5 Å². The van der Waals surface area contributed by atoms with E-state index in [0.717, 1.165) is 18.4 Å². The third-order valence-electron chi connectivity index (χ3n) is 3.52. The summed E-state index contributed by atoms with van der Waals surface area (Å²) in [6.07, 6.45) is 1.92. The zero-order valence-electron chi connectivity index (χ0n) is 12.5. The molecule has 1 aliphatic carbocycles. The molecule has 5 heteroatoms. The van der Waals surface area contributed by atoms with Crippen LogP contribution in [0.2, 0.25) is 0 Å². The maximum atomic E-state index is 12.0. The molecule has 1 aromatic carbocycles. The van der Waals surface area contributed by atoms with Gasteiger partial charge in [0.15, 0.2) is 11.5 Å². The Morgan fingerprint density at radius 3 is 2.40 bits per heavy atom. The zero-order chi connectivity index (χ0) is 14.8. The fourth-order valence-corrected chi connectivity index (χ4v) is 2.34. The van der Waals surface area contributed by atoms with Crippen LogP contribution in [0.15, 0.2) is 18.2 Å². The molecule has 1 saturated carbocycles. The molecule has 1 fully saturated rings. The van der Waals surface area contributed by atoms with Crippen molar-refractivity contribution >= 4 is 5.91 Å². The van der Waals surface area contributed by atoms with E-state index in [1.807, 2.05) is 37.2 Å². The first-order chi connectivity index (χ1) is 9.50. The van der Waals surface area contributed by atoms with Crippen LogP contribution in [0.4, 0.5) is 0 Å². The lowest BCUT2D eigenvalue weighted by Crippen LogP contribution is -2.40. The molecule has 0 unspecified atom stereocenters. The number of ether oxygens (including phenoxy) is 2. The van der Waals surface area contributed by atoms with E-state index in [0.29, 0.717) is 18.0 Å². The Morgan fingerprint density at radius 2 is 1.90 bits per heavy atom. The van der Waals surface area contributed by atoms with Crippen LogP contribution in [0.25, 0.3) is 0 Å². The summed E-state index contributed by atoms with van der Waals surface area (Å²) in [4.78, 5) is 13.8. The van der Waals surface area contributed by atoms with E-state index < -0.39 is 0 Å². The fraction of sp³-hybridized carbons (Fsp3) is 0.533. The molecule has 110 valence electrons. The fourth-order valence-electron chi connectivity index (χ4n) is 2.34. The van der Waals surface area contributed by atoms with Crippen LogP contribution in [-0.4, -0.2) is 45.7 Å². The zero-order valence-corrected chi connectivity index (χ0v) is 12.5. The van der Waals surface area contributed by atoms with Crippen LogP contribution >= 0.6 is 0 Å².